The van der Waals surface area contributed by atoms with Crippen LogP contribution in [0.5, 0.6) is 0 Å². The summed E-state index contributed by atoms with van der Waals surface area (Å²) in [7, 11) is 1.58. The SMILES string of the molecule is CNC(=O)c1ccc(Nc2nccc(N3C(=O)[C@](C#N)(C4CC4)C[C@H]3C)n2)cc1.Cl. The van der Waals surface area contributed by atoms with Crippen LogP contribution in [0, 0.1) is 22.7 Å². The molecular formula is C21H23ClN6O2. The van der Waals surface area contributed by atoms with Crippen molar-refractivity contribution in [2.24, 2.45) is 11.3 Å². The molecule has 2 aromatic rings. The zero-order valence-corrected chi connectivity index (χ0v) is 17.6. The van der Waals surface area contributed by atoms with E-state index >= 15 is 0 Å². The average Bonchev–Trinajstić information content (AvgIpc) is 3.54. The number of aromatic nitrogens is 2. The maximum absolute atomic E-state index is 13.1. The molecule has 1 saturated carbocycles. The number of nitriles is 1. The van der Waals surface area contributed by atoms with E-state index in [0.29, 0.717) is 23.8 Å². The molecule has 156 valence electrons. The lowest BCUT2D eigenvalue weighted by atomic mass is 9.81. The molecule has 0 unspecified atom stereocenters. The van der Waals surface area contributed by atoms with Crippen LogP contribution in [0.2, 0.25) is 0 Å². The Morgan fingerprint density at radius 3 is 2.57 bits per heavy atom. The lowest BCUT2D eigenvalue weighted by Crippen LogP contribution is -2.37. The molecule has 1 saturated heterocycles. The van der Waals surface area contributed by atoms with Gasteiger partial charge in [-0.05, 0) is 62.4 Å². The number of amides is 2. The first kappa shape index (κ1) is 21.5. The Bertz CT molecular complexity index is 1000. The van der Waals surface area contributed by atoms with E-state index in [1.165, 1.54) is 0 Å². The maximum atomic E-state index is 13.1. The zero-order chi connectivity index (χ0) is 20.6. The van der Waals surface area contributed by atoms with Crippen LogP contribution in [0.3, 0.4) is 0 Å². The molecule has 8 nitrogen and oxygen atoms in total. The van der Waals surface area contributed by atoms with Crippen molar-refractivity contribution in [1.29, 1.82) is 5.26 Å². The third-order valence-corrected chi connectivity index (χ3v) is 5.65. The summed E-state index contributed by atoms with van der Waals surface area (Å²) in [4.78, 5) is 35.1. The Kier molecular flexibility index (Phi) is 5.94. The van der Waals surface area contributed by atoms with Crippen molar-refractivity contribution in [2.75, 3.05) is 17.3 Å². The highest BCUT2D eigenvalue weighted by molar-refractivity contribution is 6.02. The number of halogens is 1. The van der Waals surface area contributed by atoms with Gasteiger partial charge in [-0.25, -0.2) is 4.98 Å². The molecule has 4 rings (SSSR count). The summed E-state index contributed by atoms with van der Waals surface area (Å²) in [5, 5.41) is 15.4. The first-order valence-electron chi connectivity index (χ1n) is 9.65. The van der Waals surface area contributed by atoms with Gasteiger partial charge in [0.05, 0.1) is 6.07 Å². The molecule has 2 amide bonds. The largest absolute Gasteiger partial charge is 0.355 e. The van der Waals surface area contributed by atoms with Crippen LogP contribution in [0.4, 0.5) is 17.5 Å². The smallest absolute Gasteiger partial charge is 0.251 e. The van der Waals surface area contributed by atoms with Gasteiger partial charge in [0.2, 0.25) is 11.9 Å². The summed E-state index contributed by atoms with van der Waals surface area (Å²) in [5.74, 6) is 0.670. The van der Waals surface area contributed by atoms with Crippen LogP contribution in [0.15, 0.2) is 36.5 Å². The molecule has 2 heterocycles. The highest BCUT2D eigenvalue weighted by atomic mass is 35.5. The minimum atomic E-state index is -0.923. The molecule has 2 aliphatic rings. The van der Waals surface area contributed by atoms with Gasteiger partial charge >= 0.3 is 0 Å². The topological polar surface area (TPSA) is 111 Å². The highest BCUT2D eigenvalue weighted by Crippen LogP contribution is 2.53. The third kappa shape index (κ3) is 3.68. The van der Waals surface area contributed by atoms with Crippen molar-refractivity contribution in [3.8, 4) is 6.07 Å². The van der Waals surface area contributed by atoms with Crippen molar-refractivity contribution in [3.63, 3.8) is 0 Å². The predicted molar refractivity (Wildman–Crippen MR) is 115 cm³/mol. The molecule has 2 atom stereocenters. The number of rotatable bonds is 5. The van der Waals surface area contributed by atoms with Crippen LogP contribution in [-0.4, -0.2) is 34.9 Å². The minimum Gasteiger partial charge on any atom is -0.355 e. The molecule has 1 aromatic heterocycles. The summed E-state index contributed by atoms with van der Waals surface area (Å²) in [6, 6.07) is 10.8. The van der Waals surface area contributed by atoms with Crippen molar-refractivity contribution < 1.29 is 9.59 Å². The molecule has 9 heteroatoms. The van der Waals surface area contributed by atoms with Gasteiger partial charge in [-0.3, -0.25) is 14.5 Å². The maximum Gasteiger partial charge on any atom is 0.251 e. The summed E-state index contributed by atoms with van der Waals surface area (Å²) in [6.07, 6.45) is 3.98. The van der Waals surface area contributed by atoms with Crippen molar-refractivity contribution in [1.82, 2.24) is 15.3 Å². The Morgan fingerprint density at radius 1 is 1.27 bits per heavy atom. The van der Waals surface area contributed by atoms with Crippen LogP contribution >= 0.6 is 12.4 Å². The van der Waals surface area contributed by atoms with Crippen LogP contribution < -0.4 is 15.5 Å². The van der Waals surface area contributed by atoms with Gasteiger partial charge in [0.1, 0.15) is 11.2 Å². The molecule has 30 heavy (non-hydrogen) atoms. The van der Waals surface area contributed by atoms with Gasteiger partial charge in [0.15, 0.2) is 0 Å². The number of carbonyl (C=O) groups excluding carboxylic acids is 2. The Hall–Kier alpha value is -3.18. The second kappa shape index (κ2) is 8.28. The van der Waals surface area contributed by atoms with Gasteiger partial charge in [0.25, 0.3) is 5.91 Å². The summed E-state index contributed by atoms with van der Waals surface area (Å²) in [5.41, 5.74) is 0.352. The molecule has 0 spiro atoms. The van der Waals surface area contributed by atoms with E-state index in [-0.39, 0.29) is 36.2 Å². The Labute approximate surface area is 181 Å². The van der Waals surface area contributed by atoms with Gasteiger partial charge in [0, 0.05) is 30.5 Å². The number of benzene rings is 1. The van der Waals surface area contributed by atoms with E-state index < -0.39 is 5.41 Å². The van der Waals surface area contributed by atoms with Crippen LogP contribution in [0.25, 0.3) is 0 Å². The Morgan fingerprint density at radius 2 is 1.97 bits per heavy atom. The van der Waals surface area contributed by atoms with E-state index in [9.17, 15) is 14.9 Å². The lowest BCUT2D eigenvalue weighted by Gasteiger charge is -2.22. The number of hydrogen-bond acceptors (Lipinski definition) is 6. The van der Waals surface area contributed by atoms with Gasteiger partial charge in [-0.2, -0.15) is 10.2 Å². The number of hydrogen-bond donors (Lipinski definition) is 2. The highest BCUT2D eigenvalue weighted by Gasteiger charge is 2.59. The molecule has 0 bridgehead atoms. The van der Waals surface area contributed by atoms with Gasteiger partial charge in [-0.1, -0.05) is 0 Å². The summed E-state index contributed by atoms with van der Waals surface area (Å²) < 4.78 is 0. The quantitative estimate of drug-likeness (QED) is 0.760. The fraction of sp³-hybridized carbons (Fsp3) is 0.381. The number of anilines is 3. The van der Waals surface area contributed by atoms with E-state index in [1.54, 1.807) is 48.5 Å². The molecule has 1 aliphatic carbocycles. The molecular weight excluding hydrogens is 404 g/mol. The zero-order valence-electron chi connectivity index (χ0n) is 16.8. The summed E-state index contributed by atoms with van der Waals surface area (Å²) in [6.45, 7) is 1.95. The van der Waals surface area contributed by atoms with E-state index in [1.807, 2.05) is 6.92 Å². The number of carbonyl (C=O) groups is 2. The fourth-order valence-corrected chi connectivity index (χ4v) is 4.01. The second-order valence-electron chi connectivity index (χ2n) is 7.61. The van der Waals surface area contributed by atoms with Crippen molar-refractivity contribution in [2.45, 2.75) is 32.2 Å². The van der Waals surface area contributed by atoms with E-state index in [4.69, 9.17) is 0 Å². The first-order chi connectivity index (χ1) is 14.0. The standard InChI is InChI=1S/C21H22N6O2.ClH/c1-13-11-21(12-22,15-5-6-15)19(29)27(13)17-9-10-24-20(26-17)25-16-7-3-14(4-8-16)18(28)23-2;/h3-4,7-10,13,15H,5-6,11H2,1-2H3,(H,23,28)(H,24,25,26);1H/t13-,21-;/m1./s1. The predicted octanol–water partition coefficient (Wildman–Crippen LogP) is 3.05. The fourth-order valence-electron chi connectivity index (χ4n) is 4.01. The Balaban J connectivity index is 0.00000256. The second-order valence-corrected chi connectivity index (χ2v) is 7.61. The van der Waals surface area contributed by atoms with Crippen LogP contribution in [-0.2, 0) is 4.79 Å². The first-order valence-corrected chi connectivity index (χ1v) is 9.65. The molecule has 2 fully saturated rings. The summed E-state index contributed by atoms with van der Waals surface area (Å²) >= 11 is 0. The van der Waals surface area contributed by atoms with Crippen molar-refractivity contribution >= 4 is 41.7 Å². The molecule has 0 radical (unpaired) electrons. The van der Waals surface area contributed by atoms with E-state index in [2.05, 4.69) is 26.7 Å². The van der Waals surface area contributed by atoms with Crippen LogP contribution in [0.1, 0.15) is 36.5 Å². The monoisotopic (exact) mass is 426 g/mol. The van der Waals surface area contributed by atoms with Crippen molar-refractivity contribution in [3.05, 3.63) is 42.1 Å². The third-order valence-electron chi connectivity index (χ3n) is 5.65. The normalized spacial score (nSPS) is 22.8. The minimum absolute atomic E-state index is 0. The molecule has 1 aromatic carbocycles. The van der Waals surface area contributed by atoms with Gasteiger partial charge in [-0.15, -0.1) is 12.4 Å². The average molecular weight is 427 g/mol. The van der Waals surface area contributed by atoms with E-state index in [0.717, 1.165) is 18.5 Å². The van der Waals surface area contributed by atoms with Gasteiger partial charge < -0.3 is 10.6 Å². The number of nitrogens with one attached hydrogen (secondary N) is 2. The molecule has 1 aliphatic heterocycles. The number of nitrogens with zero attached hydrogens (tertiary/aromatic N) is 4. The lowest BCUT2D eigenvalue weighted by molar-refractivity contribution is -0.123. The molecule has 2 N–H and O–H groups in total.